The highest BCUT2D eigenvalue weighted by Crippen LogP contribution is 2.12. The van der Waals surface area contributed by atoms with E-state index in [-0.39, 0.29) is 6.04 Å². The van der Waals surface area contributed by atoms with Crippen LogP contribution < -0.4 is 5.32 Å². The zero-order valence-corrected chi connectivity index (χ0v) is 10.3. The lowest BCUT2D eigenvalue weighted by atomic mass is 10.2. The summed E-state index contributed by atoms with van der Waals surface area (Å²) >= 11 is 0. The van der Waals surface area contributed by atoms with Gasteiger partial charge in [0.2, 0.25) is 5.89 Å². The van der Waals surface area contributed by atoms with Crippen molar-refractivity contribution in [3.05, 3.63) is 41.6 Å². The topological polar surface area (TPSA) is 63.8 Å². The standard InChI is InChI=1S/C12H16N4O/c1-8-6-16-11(17-8)7-15-10(3)12-9(2)13-4-5-14-12/h4-6,10,15H,7H2,1-3H3. The molecule has 0 aliphatic carbocycles. The van der Waals surface area contributed by atoms with Crippen molar-refractivity contribution in [2.24, 2.45) is 0 Å². The Morgan fingerprint density at radius 3 is 2.65 bits per heavy atom. The minimum absolute atomic E-state index is 0.121. The van der Waals surface area contributed by atoms with Crippen LogP contribution in [0.15, 0.2) is 23.0 Å². The average molecular weight is 232 g/mol. The molecule has 17 heavy (non-hydrogen) atoms. The fraction of sp³-hybridized carbons (Fsp3) is 0.417. The van der Waals surface area contributed by atoms with Crippen LogP contribution in [0.2, 0.25) is 0 Å². The quantitative estimate of drug-likeness (QED) is 0.872. The van der Waals surface area contributed by atoms with Crippen molar-refractivity contribution >= 4 is 0 Å². The van der Waals surface area contributed by atoms with Gasteiger partial charge in [-0.2, -0.15) is 0 Å². The summed E-state index contributed by atoms with van der Waals surface area (Å²) in [7, 11) is 0. The minimum atomic E-state index is 0.121. The Bertz CT molecular complexity index is 495. The van der Waals surface area contributed by atoms with E-state index in [1.165, 1.54) is 0 Å². The monoisotopic (exact) mass is 232 g/mol. The van der Waals surface area contributed by atoms with Crippen molar-refractivity contribution < 1.29 is 4.42 Å². The van der Waals surface area contributed by atoms with Crippen LogP contribution in [0.3, 0.4) is 0 Å². The van der Waals surface area contributed by atoms with Gasteiger partial charge < -0.3 is 9.73 Å². The maximum atomic E-state index is 5.39. The van der Waals surface area contributed by atoms with E-state index in [1.807, 2.05) is 20.8 Å². The lowest BCUT2D eigenvalue weighted by molar-refractivity contribution is 0.429. The van der Waals surface area contributed by atoms with Gasteiger partial charge in [0, 0.05) is 18.4 Å². The first-order valence-electron chi connectivity index (χ1n) is 5.59. The Morgan fingerprint density at radius 2 is 2.00 bits per heavy atom. The zero-order valence-electron chi connectivity index (χ0n) is 10.3. The molecule has 0 spiro atoms. The smallest absolute Gasteiger partial charge is 0.208 e. The van der Waals surface area contributed by atoms with Gasteiger partial charge in [0.05, 0.1) is 24.1 Å². The molecular formula is C12H16N4O. The number of aryl methyl sites for hydroxylation is 2. The van der Waals surface area contributed by atoms with Crippen LogP contribution in [-0.2, 0) is 6.54 Å². The molecule has 0 fully saturated rings. The maximum Gasteiger partial charge on any atom is 0.208 e. The Hall–Kier alpha value is -1.75. The number of hydrogen-bond donors (Lipinski definition) is 1. The van der Waals surface area contributed by atoms with Gasteiger partial charge in [-0.25, -0.2) is 4.98 Å². The van der Waals surface area contributed by atoms with Gasteiger partial charge in [-0.3, -0.25) is 9.97 Å². The third kappa shape index (κ3) is 2.88. The molecule has 2 heterocycles. The summed E-state index contributed by atoms with van der Waals surface area (Å²) in [6.07, 6.45) is 5.12. The summed E-state index contributed by atoms with van der Waals surface area (Å²) in [6, 6.07) is 0.121. The molecule has 0 bridgehead atoms. The highest BCUT2D eigenvalue weighted by molar-refractivity contribution is 5.12. The second-order valence-corrected chi connectivity index (χ2v) is 3.99. The van der Waals surface area contributed by atoms with Gasteiger partial charge in [0.25, 0.3) is 0 Å². The first-order valence-corrected chi connectivity index (χ1v) is 5.59. The molecule has 90 valence electrons. The lowest BCUT2D eigenvalue weighted by Crippen LogP contribution is -2.20. The van der Waals surface area contributed by atoms with Gasteiger partial charge in [0.1, 0.15) is 5.76 Å². The number of nitrogens with zero attached hydrogens (tertiary/aromatic N) is 3. The van der Waals surface area contributed by atoms with Gasteiger partial charge in [0.15, 0.2) is 0 Å². The SMILES string of the molecule is Cc1cnc(CNC(C)c2nccnc2C)o1. The van der Waals surface area contributed by atoms with Crippen LogP contribution >= 0.6 is 0 Å². The van der Waals surface area contributed by atoms with Gasteiger partial charge >= 0.3 is 0 Å². The maximum absolute atomic E-state index is 5.39. The molecule has 5 nitrogen and oxygen atoms in total. The summed E-state index contributed by atoms with van der Waals surface area (Å²) < 4.78 is 5.39. The molecule has 0 radical (unpaired) electrons. The highest BCUT2D eigenvalue weighted by atomic mass is 16.4. The van der Waals surface area contributed by atoms with E-state index in [1.54, 1.807) is 18.6 Å². The number of hydrogen-bond acceptors (Lipinski definition) is 5. The lowest BCUT2D eigenvalue weighted by Gasteiger charge is -2.13. The second kappa shape index (κ2) is 5.05. The molecule has 0 aromatic carbocycles. The van der Waals surface area contributed by atoms with E-state index in [2.05, 4.69) is 20.3 Å². The number of nitrogens with one attached hydrogen (secondary N) is 1. The third-order valence-corrected chi connectivity index (χ3v) is 2.56. The van der Waals surface area contributed by atoms with Crippen LogP contribution in [0.1, 0.15) is 36.0 Å². The predicted octanol–water partition coefficient (Wildman–Crippen LogP) is 1.93. The summed E-state index contributed by atoms with van der Waals surface area (Å²) in [5, 5.41) is 3.31. The van der Waals surface area contributed by atoms with Crippen LogP contribution in [0.4, 0.5) is 0 Å². The van der Waals surface area contributed by atoms with Crippen LogP contribution in [0.25, 0.3) is 0 Å². The summed E-state index contributed by atoms with van der Waals surface area (Å²) in [4.78, 5) is 12.7. The van der Waals surface area contributed by atoms with Crippen LogP contribution in [0, 0.1) is 13.8 Å². The molecule has 0 aliphatic rings. The predicted molar refractivity (Wildman–Crippen MR) is 63.3 cm³/mol. The average Bonchev–Trinajstić information content (AvgIpc) is 2.73. The molecule has 2 aromatic heterocycles. The molecule has 5 heteroatoms. The summed E-state index contributed by atoms with van der Waals surface area (Å²) in [5.41, 5.74) is 1.90. The normalized spacial score (nSPS) is 12.6. The second-order valence-electron chi connectivity index (χ2n) is 3.99. The third-order valence-electron chi connectivity index (χ3n) is 2.56. The van der Waals surface area contributed by atoms with Gasteiger partial charge in [-0.05, 0) is 20.8 Å². The van der Waals surface area contributed by atoms with Crippen LogP contribution in [-0.4, -0.2) is 15.0 Å². The van der Waals surface area contributed by atoms with Gasteiger partial charge in [-0.1, -0.05) is 0 Å². The molecule has 1 atom stereocenters. The zero-order chi connectivity index (χ0) is 12.3. The van der Waals surface area contributed by atoms with Crippen molar-refractivity contribution in [2.45, 2.75) is 33.4 Å². The first kappa shape index (κ1) is 11.7. The number of rotatable bonds is 4. The Balaban J connectivity index is 1.98. The molecule has 1 N–H and O–H groups in total. The molecule has 0 saturated heterocycles. The molecule has 1 unspecified atom stereocenters. The van der Waals surface area contributed by atoms with Crippen molar-refractivity contribution in [2.75, 3.05) is 0 Å². The first-order chi connectivity index (χ1) is 8.16. The van der Waals surface area contributed by atoms with E-state index in [0.717, 1.165) is 17.1 Å². The summed E-state index contributed by atoms with van der Waals surface area (Å²) in [5.74, 6) is 1.51. The Labute approximate surface area is 100 Å². The fourth-order valence-electron chi connectivity index (χ4n) is 1.66. The van der Waals surface area contributed by atoms with Crippen molar-refractivity contribution in [3.63, 3.8) is 0 Å². The summed E-state index contributed by atoms with van der Waals surface area (Å²) in [6.45, 7) is 6.47. The van der Waals surface area contributed by atoms with E-state index < -0.39 is 0 Å². The molecule has 0 aliphatic heterocycles. The molecular weight excluding hydrogens is 216 g/mol. The number of oxazole rings is 1. The van der Waals surface area contributed by atoms with E-state index >= 15 is 0 Å². The Morgan fingerprint density at radius 1 is 1.24 bits per heavy atom. The number of aromatic nitrogens is 3. The molecule has 2 aromatic rings. The van der Waals surface area contributed by atoms with Crippen molar-refractivity contribution in [3.8, 4) is 0 Å². The molecule has 0 saturated carbocycles. The van der Waals surface area contributed by atoms with E-state index in [9.17, 15) is 0 Å². The molecule has 0 amide bonds. The minimum Gasteiger partial charge on any atom is -0.445 e. The van der Waals surface area contributed by atoms with E-state index in [4.69, 9.17) is 4.42 Å². The van der Waals surface area contributed by atoms with E-state index in [0.29, 0.717) is 12.4 Å². The fourth-order valence-corrected chi connectivity index (χ4v) is 1.66. The van der Waals surface area contributed by atoms with Crippen LogP contribution in [0.5, 0.6) is 0 Å². The van der Waals surface area contributed by atoms with Crippen molar-refractivity contribution in [1.82, 2.24) is 20.3 Å². The Kier molecular flexibility index (Phi) is 3.49. The highest BCUT2D eigenvalue weighted by Gasteiger charge is 2.11. The van der Waals surface area contributed by atoms with Gasteiger partial charge in [-0.15, -0.1) is 0 Å². The largest absolute Gasteiger partial charge is 0.445 e. The van der Waals surface area contributed by atoms with Crippen molar-refractivity contribution in [1.29, 1.82) is 0 Å². The molecule has 2 rings (SSSR count).